The van der Waals surface area contributed by atoms with Gasteiger partial charge in [-0.15, -0.1) is 0 Å². The first-order valence-corrected chi connectivity index (χ1v) is 8.86. The van der Waals surface area contributed by atoms with Gasteiger partial charge in [-0.2, -0.15) is 0 Å². The zero-order chi connectivity index (χ0) is 16.9. The SMILES string of the molecule is CNC.Fc1ccc(-c2c(-c3ccccc3)nc3n2CCS3)cc1. The molecule has 0 spiro atoms. The smallest absolute Gasteiger partial charge is 0.169 e. The molecule has 0 radical (unpaired) electrons. The van der Waals surface area contributed by atoms with Gasteiger partial charge in [-0.1, -0.05) is 42.1 Å². The summed E-state index contributed by atoms with van der Waals surface area (Å²) in [5, 5.41) is 3.80. The van der Waals surface area contributed by atoms with Crippen molar-refractivity contribution in [1.82, 2.24) is 14.9 Å². The molecule has 0 bridgehead atoms. The number of benzene rings is 2. The molecule has 3 aromatic rings. The Balaban J connectivity index is 0.000000526. The van der Waals surface area contributed by atoms with Crippen LogP contribution in [0.5, 0.6) is 0 Å². The molecular weight excluding hydrogens is 321 g/mol. The lowest BCUT2D eigenvalue weighted by Gasteiger charge is -2.08. The van der Waals surface area contributed by atoms with Crippen molar-refractivity contribution < 1.29 is 4.39 Å². The number of fused-ring (bicyclic) bond motifs is 1. The molecule has 0 fully saturated rings. The summed E-state index contributed by atoms with van der Waals surface area (Å²) >= 11 is 1.77. The lowest BCUT2D eigenvalue weighted by atomic mass is 10.0. The Morgan fingerprint density at radius 3 is 2.33 bits per heavy atom. The number of rotatable bonds is 2. The van der Waals surface area contributed by atoms with Crippen molar-refractivity contribution in [1.29, 1.82) is 0 Å². The van der Waals surface area contributed by atoms with E-state index in [1.165, 1.54) is 12.1 Å². The average molecular weight is 341 g/mol. The number of aromatic nitrogens is 2. The normalized spacial score (nSPS) is 12.5. The highest BCUT2D eigenvalue weighted by Gasteiger charge is 2.23. The predicted octanol–water partition coefficient (Wildman–Crippen LogP) is 4.30. The third kappa shape index (κ3) is 3.37. The van der Waals surface area contributed by atoms with Crippen LogP contribution in [0.1, 0.15) is 0 Å². The molecule has 0 unspecified atom stereocenters. The van der Waals surface area contributed by atoms with Crippen LogP contribution >= 0.6 is 11.8 Å². The van der Waals surface area contributed by atoms with Crippen LogP contribution in [0.15, 0.2) is 59.8 Å². The maximum Gasteiger partial charge on any atom is 0.169 e. The fourth-order valence-electron chi connectivity index (χ4n) is 2.68. The Hall–Kier alpha value is -2.11. The second-order valence-electron chi connectivity index (χ2n) is 5.46. The molecule has 3 nitrogen and oxygen atoms in total. The van der Waals surface area contributed by atoms with Gasteiger partial charge >= 0.3 is 0 Å². The molecule has 0 aliphatic carbocycles. The fraction of sp³-hybridized carbons (Fsp3) is 0.211. The third-order valence-corrected chi connectivity index (χ3v) is 4.60. The molecule has 1 aliphatic rings. The maximum absolute atomic E-state index is 13.2. The van der Waals surface area contributed by atoms with Gasteiger partial charge in [0.2, 0.25) is 0 Å². The molecule has 24 heavy (non-hydrogen) atoms. The quantitative estimate of drug-likeness (QED) is 0.754. The van der Waals surface area contributed by atoms with Crippen LogP contribution in [0.3, 0.4) is 0 Å². The highest BCUT2D eigenvalue weighted by molar-refractivity contribution is 7.99. The predicted molar refractivity (Wildman–Crippen MR) is 98.8 cm³/mol. The summed E-state index contributed by atoms with van der Waals surface area (Å²) in [4.78, 5) is 4.79. The first-order chi connectivity index (χ1) is 11.7. The molecule has 0 saturated heterocycles. The third-order valence-electron chi connectivity index (χ3n) is 3.64. The second kappa shape index (κ2) is 7.64. The summed E-state index contributed by atoms with van der Waals surface area (Å²) in [6.07, 6.45) is 0. The molecule has 0 saturated carbocycles. The van der Waals surface area contributed by atoms with E-state index in [1.807, 2.05) is 44.4 Å². The molecule has 0 atom stereocenters. The number of nitrogens with one attached hydrogen (secondary N) is 1. The highest BCUT2D eigenvalue weighted by Crippen LogP contribution is 2.38. The summed E-state index contributed by atoms with van der Waals surface area (Å²) < 4.78 is 15.4. The van der Waals surface area contributed by atoms with Gasteiger partial charge in [0.25, 0.3) is 0 Å². The first kappa shape index (κ1) is 16.7. The van der Waals surface area contributed by atoms with E-state index in [-0.39, 0.29) is 5.82 Å². The minimum absolute atomic E-state index is 0.212. The average Bonchev–Trinajstić information content (AvgIpc) is 3.18. The number of hydrogen-bond donors (Lipinski definition) is 1. The van der Waals surface area contributed by atoms with Gasteiger partial charge in [-0.05, 0) is 38.4 Å². The molecule has 4 rings (SSSR count). The van der Waals surface area contributed by atoms with E-state index in [2.05, 4.69) is 22.0 Å². The zero-order valence-corrected chi connectivity index (χ0v) is 14.6. The molecule has 5 heteroatoms. The molecule has 1 aliphatic heterocycles. The van der Waals surface area contributed by atoms with Crippen LogP contribution in [-0.4, -0.2) is 29.4 Å². The van der Waals surface area contributed by atoms with Gasteiger partial charge in [0.15, 0.2) is 5.16 Å². The maximum atomic E-state index is 13.2. The minimum Gasteiger partial charge on any atom is -0.323 e. The topological polar surface area (TPSA) is 29.9 Å². The molecular formula is C19H20FN3S. The summed E-state index contributed by atoms with van der Waals surface area (Å²) in [5.74, 6) is 0.835. The van der Waals surface area contributed by atoms with Crippen LogP contribution in [-0.2, 0) is 6.54 Å². The van der Waals surface area contributed by atoms with Crippen LogP contribution < -0.4 is 5.32 Å². The number of hydrogen-bond acceptors (Lipinski definition) is 3. The van der Waals surface area contributed by atoms with Crippen molar-refractivity contribution in [3.8, 4) is 22.5 Å². The zero-order valence-electron chi connectivity index (χ0n) is 13.8. The molecule has 1 N–H and O–H groups in total. The number of imidazole rings is 1. The number of halogens is 1. The summed E-state index contributed by atoms with van der Waals surface area (Å²) in [6.45, 7) is 0.951. The van der Waals surface area contributed by atoms with E-state index >= 15 is 0 Å². The minimum atomic E-state index is -0.212. The summed E-state index contributed by atoms with van der Waals surface area (Å²) in [7, 11) is 3.75. The fourth-order valence-corrected chi connectivity index (χ4v) is 3.63. The Kier molecular flexibility index (Phi) is 5.33. The first-order valence-electron chi connectivity index (χ1n) is 7.87. The van der Waals surface area contributed by atoms with Gasteiger partial charge in [-0.25, -0.2) is 9.37 Å². The summed E-state index contributed by atoms with van der Waals surface area (Å²) in [5.41, 5.74) is 4.17. The molecule has 2 heterocycles. The van der Waals surface area contributed by atoms with Crippen LogP contribution in [0.2, 0.25) is 0 Å². The van der Waals surface area contributed by atoms with Crippen molar-refractivity contribution in [2.24, 2.45) is 0 Å². The van der Waals surface area contributed by atoms with Crippen molar-refractivity contribution in [3.05, 3.63) is 60.4 Å². The molecule has 124 valence electrons. The largest absolute Gasteiger partial charge is 0.323 e. The van der Waals surface area contributed by atoms with Crippen LogP contribution in [0.4, 0.5) is 4.39 Å². The van der Waals surface area contributed by atoms with E-state index in [0.29, 0.717) is 0 Å². The van der Waals surface area contributed by atoms with E-state index in [1.54, 1.807) is 11.8 Å². The van der Waals surface area contributed by atoms with Crippen LogP contribution in [0.25, 0.3) is 22.5 Å². The number of thioether (sulfide) groups is 1. The van der Waals surface area contributed by atoms with Crippen molar-refractivity contribution >= 4 is 11.8 Å². The Bertz CT molecular complexity index is 797. The Labute approximate surface area is 145 Å². The standard InChI is InChI=1S/C17H13FN2S.C2H7N/c18-14-8-6-13(7-9-14)16-15(12-4-2-1-3-5-12)19-17-20(16)10-11-21-17;1-3-2/h1-9H,10-11H2;3H,1-2H3. The highest BCUT2D eigenvalue weighted by atomic mass is 32.2. The Morgan fingerprint density at radius 2 is 1.67 bits per heavy atom. The van der Waals surface area contributed by atoms with Crippen molar-refractivity contribution in [2.45, 2.75) is 11.7 Å². The van der Waals surface area contributed by atoms with Gasteiger partial charge in [0.05, 0.1) is 11.4 Å². The van der Waals surface area contributed by atoms with E-state index < -0.39 is 0 Å². The molecule has 2 aromatic carbocycles. The van der Waals surface area contributed by atoms with Crippen LogP contribution in [0, 0.1) is 5.82 Å². The lowest BCUT2D eigenvalue weighted by molar-refractivity contribution is 0.628. The second-order valence-corrected chi connectivity index (χ2v) is 6.53. The van der Waals surface area contributed by atoms with Gasteiger partial charge in [-0.3, -0.25) is 0 Å². The monoisotopic (exact) mass is 341 g/mol. The lowest BCUT2D eigenvalue weighted by Crippen LogP contribution is -1.97. The molecule has 0 amide bonds. The van der Waals surface area contributed by atoms with E-state index in [9.17, 15) is 4.39 Å². The van der Waals surface area contributed by atoms with Gasteiger partial charge in [0.1, 0.15) is 5.82 Å². The van der Waals surface area contributed by atoms with Crippen molar-refractivity contribution in [2.75, 3.05) is 19.8 Å². The van der Waals surface area contributed by atoms with E-state index in [4.69, 9.17) is 4.98 Å². The van der Waals surface area contributed by atoms with Crippen molar-refractivity contribution in [3.63, 3.8) is 0 Å². The van der Waals surface area contributed by atoms with Gasteiger partial charge in [0, 0.05) is 23.4 Å². The number of nitrogens with zero attached hydrogens (tertiary/aromatic N) is 2. The van der Waals surface area contributed by atoms with Gasteiger partial charge < -0.3 is 9.88 Å². The van der Waals surface area contributed by atoms with E-state index in [0.717, 1.165) is 40.0 Å². The summed E-state index contributed by atoms with van der Waals surface area (Å²) in [6, 6.07) is 16.8. The Morgan fingerprint density at radius 1 is 1.00 bits per heavy atom. The molecule has 1 aromatic heterocycles.